The van der Waals surface area contributed by atoms with E-state index in [0.717, 1.165) is 22.7 Å². The highest BCUT2D eigenvalue weighted by Crippen LogP contribution is 2.46. The van der Waals surface area contributed by atoms with Crippen molar-refractivity contribution in [3.05, 3.63) is 35.6 Å². The molecule has 0 bridgehead atoms. The van der Waals surface area contributed by atoms with Crippen molar-refractivity contribution in [1.82, 2.24) is 20.0 Å². The molecule has 1 fully saturated rings. The average molecular weight is 547 g/mol. The third kappa shape index (κ3) is 5.64. The molecule has 0 unspecified atom stereocenters. The number of hydrogen-bond donors (Lipinski definition) is 2. The molecule has 0 spiro atoms. The molecule has 37 heavy (non-hydrogen) atoms. The van der Waals surface area contributed by atoms with Crippen molar-refractivity contribution in [3.63, 3.8) is 0 Å². The van der Waals surface area contributed by atoms with Gasteiger partial charge in [0.05, 0.1) is 26.2 Å². The number of ether oxygens (including phenoxy) is 1. The van der Waals surface area contributed by atoms with Gasteiger partial charge >= 0.3 is 6.09 Å². The first-order valence-corrected chi connectivity index (χ1v) is 14.7. The molecule has 12 heteroatoms. The Morgan fingerprint density at radius 1 is 1.24 bits per heavy atom. The van der Waals surface area contributed by atoms with Gasteiger partial charge in [0.25, 0.3) is 0 Å². The number of hydrogen-bond acceptors (Lipinski definition) is 9. The van der Waals surface area contributed by atoms with Gasteiger partial charge in [-0.2, -0.15) is 0 Å². The van der Waals surface area contributed by atoms with Crippen LogP contribution in [0.3, 0.4) is 0 Å². The van der Waals surface area contributed by atoms with Gasteiger partial charge in [-0.15, -0.1) is 16.4 Å². The third-order valence-electron chi connectivity index (χ3n) is 7.11. The first-order valence-electron chi connectivity index (χ1n) is 12.4. The van der Waals surface area contributed by atoms with E-state index >= 15 is 0 Å². The van der Waals surface area contributed by atoms with E-state index in [0.29, 0.717) is 29.9 Å². The first kappa shape index (κ1) is 27.1. The molecule has 4 rings (SSSR count). The van der Waals surface area contributed by atoms with Gasteiger partial charge in [0, 0.05) is 30.4 Å². The van der Waals surface area contributed by atoms with Crippen LogP contribution in [0.5, 0.6) is 0 Å². The van der Waals surface area contributed by atoms with E-state index in [4.69, 9.17) is 10.5 Å². The molecular formula is C25H34N6O4S2. The maximum Gasteiger partial charge on any atom is 0.405 e. The fraction of sp³-hybridized carbons (Fsp3) is 0.520. The third-order valence-corrected chi connectivity index (χ3v) is 10.5. The molecule has 3 aromatic rings. The lowest BCUT2D eigenvalue weighted by molar-refractivity contribution is -0.0501. The smallest absolute Gasteiger partial charge is 0.405 e. The zero-order valence-electron chi connectivity index (χ0n) is 21.8. The highest BCUT2D eigenvalue weighted by Gasteiger charge is 2.42. The number of primary amides is 1. The number of amides is 1. The minimum Gasteiger partial charge on any atom is -0.443 e. The number of sulfone groups is 1. The van der Waals surface area contributed by atoms with Gasteiger partial charge in [-0.05, 0) is 57.6 Å². The Kier molecular flexibility index (Phi) is 7.61. The van der Waals surface area contributed by atoms with Crippen LogP contribution in [0.1, 0.15) is 64.3 Å². The zero-order chi connectivity index (χ0) is 27.0. The fourth-order valence-corrected chi connectivity index (χ4v) is 7.27. The highest BCUT2D eigenvalue weighted by molar-refractivity contribution is 7.92. The van der Waals surface area contributed by atoms with Gasteiger partial charge in [0.15, 0.2) is 15.7 Å². The van der Waals surface area contributed by atoms with Crippen LogP contribution in [0.2, 0.25) is 0 Å². The van der Waals surface area contributed by atoms with Crippen LogP contribution in [0.4, 0.5) is 16.3 Å². The number of benzene rings is 1. The largest absolute Gasteiger partial charge is 0.443 e. The molecule has 0 radical (unpaired) electrons. The SMILES string of the molecule is CC(C)C1(OC(N)=O)CCC(c2ncc(-c3ccc(Nc4cn(C)nn4)cc3S(=O)(=O)C(C)C)s2)CC1. The van der Waals surface area contributed by atoms with Crippen LogP contribution in [0.15, 0.2) is 35.5 Å². The molecule has 1 amide bonds. The Labute approximate surface area is 221 Å². The lowest BCUT2D eigenvalue weighted by Gasteiger charge is -2.41. The zero-order valence-corrected chi connectivity index (χ0v) is 23.4. The number of anilines is 2. The molecule has 3 N–H and O–H groups in total. The van der Waals surface area contributed by atoms with Crippen molar-refractivity contribution in [2.24, 2.45) is 18.7 Å². The Morgan fingerprint density at radius 3 is 2.51 bits per heavy atom. The van der Waals surface area contributed by atoms with Crippen molar-refractivity contribution in [2.45, 2.75) is 75.0 Å². The van der Waals surface area contributed by atoms with E-state index in [1.807, 2.05) is 26.0 Å². The lowest BCUT2D eigenvalue weighted by Crippen LogP contribution is -2.44. The molecule has 200 valence electrons. The van der Waals surface area contributed by atoms with E-state index in [1.165, 1.54) is 11.3 Å². The van der Waals surface area contributed by atoms with Gasteiger partial charge in [-0.25, -0.2) is 18.2 Å². The van der Waals surface area contributed by atoms with Crippen molar-refractivity contribution < 1.29 is 17.9 Å². The second-order valence-corrected chi connectivity index (χ2v) is 13.7. The number of nitrogens with zero attached hydrogens (tertiary/aromatic N) is 4. The Morgan fingerprint density at radius 2 is 1.95 bits per heavy atom. The minimum atomic E-state index is -3.58. The number of carbonyl (C=O) groups excluding carboxylic acids is 1. The summed E-state index contributed by atoms with van der Waals surface area (Å²) >= 11 is 1.52. The van der Waals surface area contributed by atoms with Crippen molar-refractivity contribution in [1.29, 1.82) is 0 Å². The van der Waals surface area contributed by atoms with Gasteiger partial charge in [0.2, 0.25) is 0 Å². The molecule has 0 saturated heterocycles. The molecule has 1 aliphatic carbocycles. The monoisotopic (exact) mass is 546 g/mol. The van der Waals surface area contributed by atoms with E-state index < -0.39 is 26.8 Å². The Hall–Kier alpha value is -2.99. The van der Waals surface area contributed by atoms with E-state index in [-0.39, 0.29) is 16.7 Å². The van der Waals surface area contributed by atoms with Crippen LogP contribution in [-0.4, -0.2) is 45.3 Å². The molecule has 0 atom stereocenters. The quantitative estimate of drug-likeness (QED) is 0.401. The fourth-order valence-electron chi connectivity index (χ4n) is 4.80. The number of thiazole rings is 1. The predicted molar refractivity (Wildman–Crippen MR) is 144 cm³/mol. The normalized spacial score (nSPS) is 20.4. The van der Waals surface area contributed by atoms with E-state index in [9.17, 15) is 13.2 Å². The molecule has 1 aromatic carbocycles. The summed E-state index contributed by atoms with van der Waals surface area (Å²) in [6.45, 7) is 7.45. The number of carbonyl (C=O) groups is 1. The number of nitrogens with two attached hydrogens (primary N) is 1. The lowest BCUT2D eigenvalue weighted by atomic mass is 9.73. The second kappa shape index (κ2) is 10.4. The number of aromatic nitrogens is 4. The number of rotatable bonds is 8. The molecule has 1 aliphatic rings. The summed E-state index contributed by atoms with van der Waals surface area (Å²) in [5.74, 6) is 0.897. The highest BCUT2D eigenvalue weighted by atomic mass is 32.2. The summed E-state index contributed by atoms with van der Waals surface area (Å²) in [5, 5.41) is 11.4. The summed E-state index contributed by atoms with van der Waals surface area (Å²) in [4.78, 5) is 17.2. The van der Waals surface area contributed by atoms with Crippen LogP contribution in [0, 0.1) is 5.92 Å². The summed E-state index contributed by atoms with van der Waals surface area (Å²) in [5.41, 5.74) is 6.05. The second-order valence-electron chi connectivity index (χ2n) is 10.2. The van der Waals surface area contributed by atoms with Gasteiger partial charge in [0.1, 0.15) is 5.60 Å². The van der Waals surface area contributed by atoms with Crippen molar-refractivity contribution in [3.8, 4) is 10.4 Å². The van der Waals surface area contributed by atoms with Crippen LogP contribution in [-0.2, 0) is 21.6 Å². The van der Waals surface area contributed by atoms with Gasteiger partial charge < -0.3 is 15.8 Å². The molecule has 2 aromatic heterocycles. The first-order chi connectivity index (χ1) is 17.4. The summed E-state index contributed by atoms with van der Waals surface area (Å²) in [7, 11) is -1.82. The average Bonchev–Trinajstić information content (AvgIpc) is 3.48. The van der Waals surface area contributed by atoms with Crippen molar-refractivity contribution in [2.75, 3.05) is 5.32 Å². The van der Waals surface area contributed by atoms with Crippen LogP contribution < -0.4 is 11.1 Å². The summed E-state index contributed by atoms with van der Waals surface area (Å²) < 4.78 is 33.8. The summed E-state index contributed by atoms with van der Waals surface area (Å²) in [6, 6.07) is 5.30. The maximum absolute atomic E-state index is 13.3. The molecule has 0 aliphatic heterocycles. The van der Waals surface area contributed by atoms with Crippen LogP contribution >= 0.6 is 11.3 Å². The standard InChI is InChI=1S/C25H34N6O4S2/c1-15(2)25(35-24(26)32)10-8-17(9-11-25)23-27-13-20(36-23)19-7-6-18(28-22-14-31(5)30-29-22)12-21(19)37(33,34)16(3)4/h6-7,12-17,28H,8-11H2,1-5H3,(H2,26,32). The van der Waals surface area contributed by atoms with Gasteiger partial charge in [-0.3, -0.25) is 4.68 Å². The number of nitrogens with one attached hydrogen (secondary N) is 1. The molecule has 10 nitrogen and oxygen atoms in total. The topological polar surface area (TPSA) is 142 Å². The van der Waals surface area contributed by atoms with E-state index in [1.54, 1.807) is 44.0 Å². The Balaban J connectivity index is 1.61. The minimum absolute atomic E-state index is 0.158. The van der Waals surface area contributed by atoms with Crippen molar-refractivity contribution >= 4 is 38.8 Å². The summed E-state index contributed by atoms with van der Waals surface area (Å²) in [6.07, 6.45) is 5.79. The Bertz CT molecular complexity index is 1370. The predicted octanol–water partition coefficient (Wildman–Crippen LogP) is 5.01. The van der Waals surface area contributed by atoms with Gasteiger partial charge in [-0.1, -0.05) is 25.1 Å². The maximum atomic E-state index is 13.3. The molecule has 2 heterocycles. The molecular weight excluding hydrogens is 512 g/mol. The number of aryl methyl sites for hydroxylation is 1. The molecule has 1 saturated carbocycles. The van der Waals surface area contributed by atoms with Crippen LogP contribution in [0.25, 0.3) is 10.4 Å². The van der Waals surface area contributed by atoms with E-state index in [2.05, 4.69) is 20.6 Å².